The molecule has 2 rings (SSSR count). The third-order valence-corrected chi connectivity index (χ3v) is 4.12. The summed E-state index contributed by atoms with van der Waals surface area (Å²) in [5.41, 5.74) is 6.83. The normalized spacial score (nSPS) is 15.5. The lowest BCUT2D eigenvalue weighted by atomic mass is 10.1. The van der Waals surface area contributed by atoms with Gasteiger partial charge in [0, 0.05) is 17.8 Å². The molecule has 3 N–H and O–H groups in total. The number of anilines is 1. The molecule has 1 aliphatic rings. The Labute approximate surface area is 171 Å². The van der Waals surface area contributed by atoms with Crippen molar-refractivity contribution in [3.05, 3.63) is 29.8 Å². The van der Waals surface area contributed by atoms with E-state index in [2.05, 4.69) is 5.32 Å². The SMILES string of the molecule is CC1(c2cccc(NC(=O)COCCOCCOCCOCCN)c2)OCCO1. The molecule has 1 aliphatic heterocycles. The highest BCUT2D eigenvalue weighted by Gasteiger charge is 2.33. The van der Waals surface area contributed by atoms with Crippen molar-refractivity contribution in [2.75, 3.05) is 77.9 Å². The second-order valence-electron chi connectivity index (χ2n) is 6.45. The molecule has 1 saturated heterocycles. The minimum Gasteiger partial charge on any atom is -0.378 e. The van der Waals surface area contributed by atoms with Gasteiger partial charge in [-0.1, -0.05) is 12.1 Å². The molecule has 29 heavy (non-hydrogen) atoms. The molecule has 0 bridgehead atoms. The summed E-state index contributed by atoms with van der Waals surface area (Å²) in [6, 6.07) is 7.41. The molecule has 0 aromatic heterocycles. The lowest BCUT2D eigenvalue weighted by Gasteiger charge is -2.23. The summed E-state index contributed by atoms with van der Waals surface area (Å²) in [7, 11) is 0. The Kier molecular flexibility index (Phi) is 11.1. The van der Waals surface area contributed by atoms with E-state index in [0.717, 1.165) is 5.56 Å². The number of rotatable bonds is 15. The summed E-state index contributed by atoms with van der Waals surface area (Å²) in [6.45, 7) is 6.67. The summed E-state index contributed by atoms with van der Waals surface area (Å²) < 4.78 is 32.5. The third kappa shape index (κ3) is 9.18. The molecule has 0 spiro atoms. The van der Waals surface area contributed by atoms with Crippen LogP contribution in [0.4, 0.5) is 5.69 Å². The van der Waals surface area contributed by atoms with E-state index in [0.29, 0.717) is 71.7 Å². The fraction of sp³-hybridized carbons (Fsp3) is 0.650. The highest BCUT2D eigenvalue weighted by molar-refractivity contribution is 5.91. The number of hydrogen-bond acceptors (Lipinski definition) is 8. The Balaban J connectivity index is 1.51. The van der Waals surface area contributed by atoms with E-state index in [1.165, 1.54) is 0 Å². The van der Waals surface area contributed by atoms with Gasteiger partial charge < -0.3 is 39.5 Å². The Morgan fingerprint density at radius 1 is 1.00 bits per heavy atom. The highest BCUT2D eigenvalue weighted by atomic mass is 16.7. The minimum absolute atomic E-state index is 0.0488. The fourth-order valence-electron chi connectivity index (χ4n) is 2.67. The van der Waals surface area contributed by atoms with Crippen LogP contribution in [0.1, 0.15) is 12.5 Å². The quantitative estimate of drug-likeness (QED) is 0.408. The Morgan fingerprint density at radius 3 is 2.21 bits per heavy atom. The molecular formula is C20H32N2O7. The Morgan fingerprint density at radius 2 is 1.59 bits per heavy atom. The number of nitrogens with one attached hydrogen (secondary N) is 1. The minimum atomic E-state index is -0.768. The molecule has 1 aromatic rings. The zero-order valence-corrected chi connectivity index (χ0v) is 17.0. The van der Waals surface area contributed by atoms with Gasteiger partial charge in [-0.15, -0.1) is 0 Å². The third-order valence-electron chi connectivity index (χ3n) is 4.12. The molecule has 1 fully saturated rings. The number of nitrogens with two attached hydrogens (primary N) is 1. The predicted octanol–water partition coefficient (Wildman–Crippen LogP) is 0.870. The van der Waals surface area contributed by atoms with E-state index in [4.69, 9.17) is 34.2 Å². The van der Waals surface area contributed by atoms with Crippen LogP contribution in [0, 0.1) is 0 Å². The maximum Gasteiger partial charge on any atom is 0.250 e. The van der Waals surface area contributed by atoms with Crippen LogP contribution in [-0.4, -0.2) is 78.5 Å². The second-order valence-corrected chi connectivity index (χ2v) is 6.45. The van der Waals surface area contributed by atoms with Crippen LogP contribution >= 0.6 is 0 Å². The molecule has 1 aromatic carbocycles. The number of amides is 1. The van der Waals surface area contributed by atoms with Gasteiger partial charge in [-0.25, -0.2) is 0 Å². The van der Waals surface area contributed by atoms with Crippen LogP contribution in [0.2, 0.25) is 0 Å². The summed E-state index contributed by atoms with van der Waals surface area (Å²) in [6.07, 6.45) is 0. The molecule has 1 heterocycles. The second kappa shape index (κ2) is 13.6. The number of carbonyl (C=O) groups excluding carboxylic acids is 1. The van der Waals surface area contributed by atoms with Crippen molar-refractivity contribution in [3.8, 4) is 0 Å². The highest BCUT2D eigenvalue weighted by Crippen LogP contribution is 2.31. The van der Waals surface area contributed by atoms with Crippen LogP contribution in [0.15, 0.2) is 24.3 Å². The smallest absolute Gasteiger partial charge is 0.250 e. The summed E-state index contributed by atoms with van der Waals surface area (Å²) in [4.78, 5) is 12.0. The van der Waals surface area contributed by atoms with E-state index in [1.54, 1.807) is 0 Å². The fourth-order valence-corrected chi connectivity index (χ4v) is 2.67. The molecule has 0 saturated carbocycles. The van der Waals surface area contributed by atoms with Gasteiger partial charge in [-0.2, -0.15) is 0 Å². The standard InChI is InChI=1S/C20H32N2O7/c1-20(28-13-14-29-20)17-3-2-4-18(15-17)22-19(23)16-27-12-11-26-10-9-25-8-7-24-6-5-21/h2-4,15H,5-14,16,21H2,1H3,(H,22,23). The van der Waals surface area contributed by atoms with Gasteiger partial charge >= 0.3 is 0 Å². The molecule has 9 nitrogen and oxygen atoms in total. The van der Waals surface area contributed by atoms with Gasteiger partial charge in [0.05, 0.1) is 59.5 Å². The number of ether oxygens (including phenoxy) is 6. The first-order valence-electron chi connectivity index (χ1n) is 9.83. The zero-order valence-electron chi connectivity index (χ0n) is 17.0. The molecular weight excluding hydrogens is 380 g/mol. The molecule has 0 unspecified atom stereocenters. The van der Waals surface area contributed by atoms with Crippen LogP contribution in [-0.2, 0) is 39.0 Å². The van der Waals surface area contributed by atoms with E-state index < -0.39 is 5.79 Å². The van der Waals surface area contributed by atoms with E-state index in [9.17, 15) is 4.79 Å². The summed E-state index contributed by atoms with van der Waals surface area (Å²) in [5.74, 6) is -1.00. The zero-order chi connectivity index (χ0) is 20.8. The van der Waals surface area contributed by atoms with Crippen molar-refractivity contribution in [3.63, 3.8) is 0 Å². The average molecular weight is 412 g/mol. The van der Waals surface area contributed by atoms with Crippen molar-refractivity contribution < 1.29 is 33.2 Å². The average Bonchev–Trinajstić information content (AvgIpc) is 3.17. The molecule has 1 amide bonds. The topological polar surface area (TPSA) is 111 Å². The van der Waals surface area contributed by atoms with Crippen LogP contribution in [0.3, 0.4) is 0 Å². The number of carbonyl (C=O) groups is 1. The molecule has 9 heteroatoms. The van der Waals surface area contributed by atoms with Gasteiger partial charge in [0.2, 0.25) is 5.91 Å². The van der Waals surface area contributed by atoms with Crippen molar-refractivity contribution in [1.29, 1.82) is 0 Å². The van der Waals surface area contributed by atoms with Crippen LogP contribution in [0.5, 0.6) is 0 Å². The van der Waals surface area contributed by atoms with Crippen LogP contribution < -0.4 is 11.1 Å². The van der Waals surface area contributed by atoms with E-state index in [-0.39, 0.29) is 12.5 Å². The first-order chi connectivity index (χ1) is 14.1. The van der Waals surface area contributed by atoms with Gasteiger partial charge in [-0.05, 0) is 19.1 Å². The van der Waals surface area contributed by atoms with Crippen molar-refractivity contribution in [2.45, 2.75) is 12.7 Å². The first-order valence-corrected chi connectivity index (χ1v) is 9.83. The number of benzene rings is 1. The van der Waals surface area contributed by atoms with Gasteiger partial charge in [0.1, 0.15) is 6.61 Å². The predicted molar refractivity (Wildman–Crippen MR) is 107 cm³/mol. The summed E-state index contributed by atoms with van der Waals surface area (Å²) >= 11 is 0. The number of hydrogen-bond donors (Lipinski definition) is 2. The Hall–Kier alpha value is -1.59. The first kappa shape index (κ1) is 23.7. The summed E-state index contributed by atoms with van der Waals surface area (Å²) in [5, 5.41) is 2.81. The van der Waals surface area contributed by atoms with Crippen LogP contribution in [0.25, 0.3) is 0 Å². The van der Waals surface area contributed by atoms with Gasteiger partial charge in [0.15, 0.2) is 5.79 Å². The molecule has 0 atom stereocenters. The van der Waals surface area contributed by atoms with Gasteiger partial charge in [0.25, 0.3) is 0 Å². The lowest BCUT2D eigenvalue weighted by Crippen LogP contribution is -2.23. The Bertz CT molecular complexity index is 594. The van der Waals surface area contributed by atoms with E-state index in [1.807, 2.05) is 31.2 Å². The van der Waals surface area contributed by atoms with Crippen molar-refractivity contribution >= 4 is 11.6 Å². The molecule has 164 valence electrons. The largest absolute Gasteiger partial charge is 0.378 e. The maximum absolute atomic E-state index is 12.0. The van der Waals surface area contributed by atoms with E-state index >= 15 is 0 Å². The van der Waals surface area contributed by atoms with Crippen molar-refractivity contribution in [1.82, 2.24) is 0 Å². The lowest BCUT2D eigenvalue weighted by molar-refractivity contribution is -0.149. The van der Waals surface area contributed by atoms with Gasteiger partial charge in [-0.3, -0.25) is 4.79 Å². The monoisotopic (exact) mass is 412 g/mol. The maximum atomic E-state index is 12.0. The van der Waals surface area contributed by atoms with Crippen molar-refractivity contribution in [2.24, 2.45) is 5.73 Å². The molecule has 0 aliphatic carbocycles. The molecule has 0 radical (unpaired) electrons.